The summed E-state index contributed by atoms with van der Waals surface area (Å²) in [5, 5.41) is 11.8. The summed E-state index contributed by atoms with van der Waals surface area (Å²) in [5.74, 6) is -2.01. The van der Waals surface area contributed by atoms with Crippen LogP contribution in [0.4, 0.5) is 5.00 Å². The van der Waals surface area contributed by atoms with Crippen LogP contribution in [0.5, 0.6) is 0 Å². The first-order chi connectivity index (χ1) is 9.76. The highest BCUT2D eigenvalue weighted by atomic mass is 32.1. The fraction of sp³-hybridized carbons (Fsp3) is 0.500. The van der Waals surface area contributed by atoms with Crippen LogP contribution in [0.15, 0.2) is 0 Å². The van der Waals surface area contributed by atoms with Crippen molar-refractivity contribution in [3.8, 4) is 0 Å². The summed E-state index contributed by atoms with van der Waals surface area (Å²) in [6.45, 7) is 5.34. The molecule has 0 saturated carbocycles. The summed E-state index contributed by atoms with van der Waals surface area (Å²) < 4.78 is 4.73. The minimum absolute atomic E-state index is 0.0697. The maximum atomic E-state index is 11.9. The topological polar surface area (TPSA) is 92.7 Å². The van der Waals surface area contributed by atoms with Gasteiger partial charge in [0.05, 0.1) is 12.7 Å². The van der Waals surface area contributed by atoms with E-state index in [1.165, 1.54) is 18.4 Å². The third kappa shape index (κ3) is 4.56. The van der Waals surface area contributed by atoms with Crippen molar-refractivity contribution in [3.05, 3.63) is 16.0 Å². The van der Waals surface area contributed by atoms with Gasteiger partial charge in [-0.05, 0) is 25.3 Å². The highest BCUT2D eigenvalue weighted by Gasteiger charge is 2.22. The molecule has 1 amide bonds. The van der Waals surface area contributed by atoms with E-state index in [4.69, 9.17) is 9.84 Å². The number of ether oxygens (including phenoxy) is 1. The van der Waals surface area contributed by atoms with Crippen LogP contribution in [0, 0.1) is 19.8 Å². The Morgan fingerprint density at radius 3 is 2.43 bits per heavy atom. The summed E-state index contributed by atoms with van der Waals surface area (Å²) in [4.78, 5) is 35.2. The van der Waals surface area contributed by atoms with Gasteiger partial charge >= 0.3 is 11.9 Å². The smallest absolute Gasteiger partial charge is 0.341 e. The number of hydrogen-bond acceptors (Lipinski definition) is 5. The van der Waals surface area contributed by atoms with E-state index in [1.807, 2.05) is 6.92 Å². The number of anilines is 1. The molecule has 6 nitrogen and oxygen atoms in total. The maximum absolute atomic E-state index is 11.9. The molecule has 1 atom stereocenters. The van der Waals surface area contributed by atoms with E-state index in [-0.39, 0.29) is 24.7 Å². The van der Waals surface area contributed by atoms with Crippen LogP contribution < -0.4 is 5.32 Å². The van der Waals surface area contributed by atoms with Gasteiger partial charge in [-0.1, -0.05) is 6.92 Å². The highest BCUT2D eigenvalue weighted by Crippen LogP contribution is 2.33. The second kappa shape index (κ2) is 7.21. The summed E-state index contributed by atoms with van der Waals surface area (Å²) in [5.41, 5.74) is 1.14. The number of aryl methyl sites for hydroxylation is 1. The number of carboxylic acids is 1. The Hall–Kier alpha value is -1.89. The van der Waals surface area contributed by atoms with Crippen molar-refractivity contribution in [1.82, 2.24) is 0 Å². The van der Waals surface area contributed by atoms with Crippen LogP contribution in [-0.4, -0.2) is 30.1 Å². The number of nitrogens with one attached hydrogen (secondary N) is 1. The second-order valence-electron chi connectivity index (χ2n) is 4.93. The van der Waals surface area contributed by atoms with Crippen molar-refractivity contribution in [2.75, 3.05) is 12.4 Å². The number of carboxylic acid groups (broad SMARTS) is 1. The molecule has 0 radical (unpaired) electrons. The van der Waals surface area contributed by atoms with Crippen molar-refractivity contribution in [2.24, 2.45) is 5.92 Å². The molecule has 1 heterocycles. The molecule has 0 aliphatic rings. The van der Waals surface area contributed by atoms with Gasteiger partial charge in [0, 0.05) is 17.7 Å². The van der Waals surface area contributed by atoms with Crippen molar-refractivity contribution < 1.29 is 24.2 Å². The molecule has 0 aliphatic carbocycles. The first-order valence-corrected chi connectivity index (χ1v) is 7.27. The molecular formula is C14H19NO5S. The van der Waals surface area contributed by atoms with Gasteiger partial charge in [-0.3, -0.25) is 9.59 Å². The van der Waals surface area contributed by atoms with E-state index in [0.29, 0.717) is 10.6 Å². The molecule has 7 heteroatoms. The normalized spacial score (nSPS) is 11.8. The molecule has 0 fully saturated rings. The van der Waals surface area contributed by atoms with Gasteiger partial charge in [0.1, 0.15) is 5.00 Å². The molecule has 0 bridgehead atoms. The van der Waals surface area contributed by atoms with Crippen LogP contribution in [0.2, 0.25) is 0 Å². The van der Waals surface area contributed by atoms with E-state index in [1.54, 1.807) is 13.8 Å². The van der Waals surface area contributed by atoms with E-state index in [9.17, 15) is 14.4 Å². The number of thiophene rings is 1. The van der Waals surface area contributed by atoms with Crippen LogP contribution in [-0.2, 0) is 14.3 Å². The number of esters is 1. The van der Waals surface area contributed by atoms with Crippen molar-refractivity contribution in [3.63, 3.8) is 0 Å². The summed E-state index contributed by atoms with van der Waals surface area (Å²) >= 11 is 1.30. The lowest BCUT2D eigenvalue weighted by Gasteiger charge is -2.09. The molecule has 2 N–H and O–H groups in total. The lowest BCUT2D eigenvalue weighted by molar-refractivity contribution is -0.138. The molecule has 1 unspecified atom stereocenters. The SMILES string of the molecule is COC(=O)c1c(NC(=O)CC(C)CC(=O)O)sc(C)c1C. The Labute approximate surface area is 127 Å². The summed E-state index contributed by atoms with van der Waals surface area (Å²) in [6, 6.07) is 0. The number of methoxy groups -OCH3 is 1. The lowest BCUT2D eigenvalue weighted by Crippen LogP contribution is -2.18. The highest BCUT2D eigenvalue weighted by molar-refractivity contribution is 7.16. The van der Waals surface area contributed by atoms with E-state index in [2.05, 4.69) is 5.32 Å². The van der Waals surface area contributed by atoms with E-state index in [0.717, 1.165) is 10.4 Å². The van der Waals surface area contributed by atoms with E-state index < -0.39 is 11.9 Å². The zero-order valence-corrected chi connectivity index (χ0v) is 13.3. The number of carbonyl (C=O) groups excluding carboxylic acids is 2. The third-order valence-corrected chi connectivity index (χ3v) is 4.21. The van der Waals surface area contributed by atoms with Crippen LogP contribution in [0.25, 0.3) is 0 Å². The van der Waals surface area contributed by atoms with Gasteiger partial charge in [0.2, 0.25) is 5.91 Å². The molecule has 0 spiro atoms. The Morgan fingerprint density at radius 1 is 1.29 bits per heavy atom. The van der Waals surface area contributed by atoms with Crippen LogP contribution in [0.3, 0.4) is 0 Å². The average molecular weight is 313 g/mol. The average Bonchev–Trinajstić information content (AvgIpc) is 2.62. The number of carbonyl (C=O) groups is 3. The summed E-state index contributed by atoms with van der Waals surface area (Å²) in [7, 11) is 1.29. The molecule has 116 valence electrons. The Bertz CT molecular complexity index is 564. The lowest BCUT2D eigenvalue weighted by atomic mass is 10.0. The summed E-state index contributed by atoms with van der Waals surface area (Å²) in [6.07, 6.45) is 0.0166. The predicted octanol–water partition coefficient (Wildman–Crippen LogP) is 2.59. The third-order valence-electron chi connectivity index (χ3n) is 3.08. The fourth-order valence-electron chi connectivity index (χ4n) is 1.93. The minimum atomic E-state index is -0.937. The van der Waals surface area contributed by atoms with Gasteiger partial charge in [0.15, 0.2) is 0 Å². The largest absolute Gasteiger partial charge is 0.481 e. The standard InChI is InChI=1S/C14H19NO5S/c1-7(6-11(17)18)5-10(16)15-13-12(14(19)20-4)8(2)9(3)21-13/h7H,5-6H2,1-4H3,(H,15,16)(H,17,18). The Morgan fingerprint density at radius 2 is 1.90 bits per heavy atom. The van der Waals surface area contributed by atoms with Crippen molar-refractivity contribution in [2.45, 2.75) is 33.6 Å². The second-order valence-corrected chi connectivity index (χ2v) is 6.16. The molecule has 1 aromatic heterocycles. The number of hydrogen-bond donors (Lipinski definition) is 2. The van der Waals surface area contributed by atoms with Crippen LogP contribution in [0.1, 0.15) is 40.6 Å². The molecular weight excluding hydrogens is 294 g/mol. The molecule has 1 aromatic rings. The van der Waals surface area contributed by atoms with Crippen LogP contribution >= 0.6 is 11.3 Å². The van der Waals surface area contributed by atoms with Crippen molar-refractivity contribution in [1.29, 1.82) is 0 Å². The quantitative estimate of drug-likeness (QED) is 0.787. The molecule has 0 aliphatic heterocycles. The first-order valence-electron chi connectivity index (χ1n) is 6.46. The van der Waals surface area contributed by atoms with Gasteiger partial charge in [-0.2, -0.15) is 0 Å². The number of aliphatic carboxylic acids is 1. The minimum Gasteiger partial charge on any atom is -0.481 e. The molecule has 21 heavy (non-hydrogen) atoms. The van der Waals surface area contributed by atoms with Gasteiger partial charge in [-0.15, -0.1) is 11.3 Å². The van der Waals surface area contributed by atoms with E-state index >= 15 is 0 Å². The predicted molar refractivity (Wildman–Crippen MR) is 79.8 cm³/mol. The molecule has 1 rings (SSSR count). The van der Waals surface area contributed by atoms with Gasteiger partial charge < -0.3 is 15.2 Å². The first kappa shape index (κ1) is 17.2. The Balaban J connectivity index is 2.83. The zero-order chi connectivity index (χ0) is 16.2. The zero-order valence-electron chi connectivity index (χ0n) is 12.5. The maximum Gasteiger partial charge on any atom is 0.341 e. The molecule has 0 saturated heterocycles. The number of rotatable bonds is 6. The monoisotopic (exact) mass is 313 g/mol. The Kier molecular flexibility index (Phi) is 5.90. The molecule has 0 aromatic carbocycles. The van der Waals surface area contributed by atoms with Crippen molar-refractivity contribution >= 4 is 34.2 Å². The van der Waals surface area contributed by atoms with Gasteiger partial charge in [0.25, 0.3) is 0 Å². The fourth-order valence-corrected chi connectivity index (χ4v) is 2.99. The van der Waals surface area contributed by atoms with Gasteiger partial charge in [-0.25, -0.2) is 4.79 Å². The number of amides is 1.